The molecule has 1 unspecified atom stereocenters. The fourth-order valence-electron chi connectivity index (χ4n) is 3.05. The third kappa shape index (κ3) is 4.43. The van der Waals surface area contributed by atoms with Gasteiger partial charge in [-0.2, -0.15) is 0 Å². The van der Waals surface area contributed by atoms with E-state index in [1.165, 1.54) is 0 Å². The summed E-state index contributed by atoms with van der Waals surface area (Å²) in [5.41, 5.74) is 2.29. The molecule has 1 aliphatic heterocycles. The molecule has 0 aliphatic carbocycles. The third-order valence-corrected chi connectivity index (χ3v) is 5.58. The normalized spacial score (nSPS) is 15.3. The van der Waals surface area contributed by atoms with Crippen molar-refractivity contribution >= 4 is 29.1 Å². The van der Waals surface area contributed by atoms with Gasteiger partial charge in [0.15, 0.2) is 0 Å². The van der Waals surface area contributed by atoms with Crippen LogP contribution in [0, 0.1) is 0 Å². The van der Waals surface area contributed by atoms with Gasteiger partial charge in [0.05, 0.1) is 18.5 Å². The molecular weight excluding hydrogens is 384 g/mol. The number of ether oxygens (including phenoxy) is 1. The number of methoxy groups -OCH3 is 1. The average molecular weight is 404 g/mol. The minimum Gasteiger partial charge on any atom is -0.496 e. The number of rotatable bonds is 6. The van der Waals surface area contributed by atoms with E-state index >= 15 is 0 Å². The van der Waals surface area contributed by atoms with Crippen LogP contribution in [0.25, 0.3) is 0 Å². The summed E-state index contributed by atoms with van der Waals surface area (Å²) in [6.45, 7) is 0. The topological polar surface area (TPSA) is 59.9 Å². The average Bonchev–Trinajstić information content (AvgIpc) is 3.26. The van der Waals surface area contributed by atoms with E-state index in [0.717, 1.165) is 21.0 Å². The van der Waals surface area contributed by atoms with Crippen LogP contribution in [0.15, 0.2) is 93.8 Å². The molecule has 0 spiro atoms. The molecular formula is C23H20N2O3S. The van der Waals surface area contributed by atoms with Crippen molar-refractivity contribution in [3.8, 4) is 5.75 Å². The Morgan fingerprint density at radius 1 is 1.03 bits per heavy atom. The predicted octanol–water partition coefficient (Wildman–Crippen LogP) is 4.98. The van der Waals surface area contributed by atoms with Gasteiger partial charge in [0.2, 0.25) is 6.10 Å². The van der Waals surface area contributed by atoms with E-state index in [-0.39, 0.29) is 5.91 Å². The maximum atomic E-state index is 12.8. The minimum absolute atomic E-state index is 0.222. The molecule has 1 atom stereocenters. The van der Waals surface area contributed by atoms with Crippen molar-refractivity contribution in [1.29, 1.82) is 0 Å². The van der Waals surface area contributed by atoms with Crippen molar-refractivity contribution in [1.82, 2.24) is 0 Å². The van der Waals surface area contributed by atoms with Gasteiger partial charge in [-0.1, -0.05) is 59.4 Å². The Bertz CT molecular complexity index is 1040. The van der Waals surface area contributed by atoms with Crippen LogP contribution >= 0.6 is 11.8 Å². The molecule has 1 amide bonds. The van der Waals surface area contributed by atoms with Crippen LogP contribution in [0.5, 0.6) is 5.75 Å². The zero-order chi connectivity index (χ0) is 20.1. The first-order valence-corrected chi connectivity index (χ1v) is 10.0. The largest absolute Gasteiger partial charge is 0.496 e. The van der Waals surface area contributed by atoms with Crippen molar-refractivity contribution in [2.75, 3.05) is 12.4 Å². The van der Waals surface area contributed by atoms with Crippen LogP contribution in [0.3, 0.4) is 0 Å². The number of oxime groups is 1. The van der Waals surface area contributed by atoms with Gasteiger partial charge in [-0.3, -0.25) is 4.79 Å². The Morgan fingerprint density at radius 3 is 2.59 bits per heavy atom. The fourth-order valence-corrected chi connectivity index (χ4v) is 3.97. The number of carbonyl (C=O) groups excluding carboxylic acids is 1. The summed E-state index contributed by atoms with van der Waals surface area (Å²) in [4.78, 5) is 20.3. The summed E-state index contributed by atoms with van der Waals surface area (Å²) >= 11 is 1.60. The lowest BCUT2D eigenvalue weighted by Crippen LogP contribution is -2.28. The van der Waals surface area contributed by atoms with E-state index in [1.54, 1.807) is 18.9 Å². The number of benzene rings is 3. The first-order chi connectivity index (χ1) is 14.2. The highest BCUT2D eigenvalue weighted by Crippen LogP contribution is 2.33. The summed E-state index contributed by atoms with van der Waals surface area (Å²) in [5, 5.41) is 7.10. The molecule has 146 valence electrons. The van der Waals surface area contributed by atoms with Crippen molar-refractivity contribution in [2.24, 2.45) is 5.16 Å². The molecule has 3 aromatic rings. The first-order valence-electron chi connectivity index (χ1n) is 9.23. The number of hydrogen-bond acceptors (Lipinski definition) is 5. The van der Waals surface area contributed by atoms with Crippen LogP contribution in [-0.4, -0.2) is 24.8 Å². The van der Waals surface area contributed by atoms with Gasteiger partial charge < -0.3 is 14.9 Å². The number of anilines is 1. The number of nitrogens with zero attached hydrogens (tertiary/aromatic N) is 1. The van der Waals surface area contributed by atoms with Crippen LogP contribution in [0.2, 0.25) is 0 Å². The van der Waals surface area contributed by atoms with E-state index in [2.05, 4.69) is 10.5 Å². The molecule has 29 heavy (non-hydrogen) atoms. The summed E-state index contributed by atoms with van der Waals surface area (Å²) < 4.78 is 5.38. The van der Waals surface area contributed by atoms with Gasteiger partial charge in [0, 0.05) is 21.8 Å². The summed E-state index contributed by atoms with van der Waals surface area (Å²) in [6.07, 6.45) is -0.287. The second-order valence-corrected chi connectivity index (χ2v) is 7.55. The maximum Gasteiger partial charge on any atom is 0.268 e. The van der Waals surface area contributed by atoms with Gasteiger partial charge in [-0.15, -0.1) is 0 Å². The number of para-hydroxylation sites is 2. The molecule has 0 radical (unpaired) electrons. The molecule has 3 aromatic carbocycles. The quantitative estimate of drug-likeness (QED) is 0.630. The van der Waals surface area contributed by atoms with Gasteiger partial charge in [-0.05, 0) is 36.4 Å². The van der Waals surface area contributed by atoms with E-state index in [1.807, 2.05) is 78.9 Å². The SMILES string of the molecule is COc1ccccc1C1=NOC(C(=O)Nc2ccccc2Sc2ccccc2)C1. The second-order valence-electron chi connectivity index (χ2n) is 6.44. The lowest BCUT2D eigenvalue weighted by atomic mass is 10.0. The summed E-state index contributed by atoms with van der Waals surface area (Å²) in [5.74, 6) is 0.486. The van der Waals surface area contributed by atoms with Crippen LogP contribution in [0.1, 0.15) is 12.0 Å². The molecule has 0 bridgehead atoms. The fraction of sp³-hybridized carbons (Fsp3) is 0.130. The number of carbonyl (C=O) groups is 1. The monoisotopic (exact) mass is 404 g/mol. The zero-order valence-corrected chi connectivity index (χ0v) is 16.7. The van der Waals surface area contributed by atoms with E-state index in [9.17, 15) is 4.79 Å². The Kier molecular flexibility index (Phi) is 5.81. The van der Waals surface area contributed by atoms with Crippen LogP contribution in [0.4, 0.5) is 5.69 Å². The highest BCUT2D eigenvalue weighted by molar-refractivity contribution is 7.99. The molecule has 1 heterocycles. The maximum absolute atomic E-state index is 12.8. The summed E-state index contributed by atoms with van der Waals surface area (Å²) in [6, 6.07) is 25.3. The molecule has 0 saturated heterocycles. The van der Waals surface area contributed by atoms with Gasteiger partial charge in [-0.25, -0.2) is 0 Å². The van der Waals surface area contributed by atoms with Crippen molar-refractivity contribution in [3.63, 3.8) is 0 Å². The number of hydrogen-bond donors (Lipinski definition) is 1. The predicted molar refractivity (Wildman–Crippen MR) is 115 cm³/mol. The highest BCUT2D eigenvalue weighted by atomic mass is 32.2. The molecule has 0 saturated carbocycles. The molecule has 0 fully saturated rings. The van der Waals surface area contributed by atoms with Crippen molar-refractivity contribution in [2.45, 2.75) is 22.3 Å². The van der Waals surface area contributed by atoms with E-state index in [0.29, 0.717) is 17.9 Å². The first kappa shape index (κ1) is 19.1. The van der Waals surface area contributed by atoms with Crippen LogP contribution in [-0.2, 0) is 9.63 Å². The molecule has 6 heteroatoms. The summed E-state index contributed by atoms with van der Waals surface area (Å²) in [7, 11) is 1.61. The molecule has 5 nitrogen and oxygen atoms in total. The Hall–Kier alpha value is -3.25. The third-order valence-electron chi connectivity index (χ3n) is 4.50. The standard InChI is InChI=1S/C23H20N2O3S/c1-27-20-13-7-5-11-17(20)19-15-21(28-25-19)23(26)24-18-12-6-8-14-22(18)29-16-9-3-2-4-10-16/h2-14,21H,15H2,1H3,(H,24,26). The molecule has 1 N–H and O–H groups in total. The van der Waals surface area contributed by atoms with E-state index in [4.69, 9.17) is 9.57 Å². The van der Waals surface area contributed by atoms with Gasteiger partial charge in [0.1, 0.15) is 5.75 Å². The molecule has 4 rings (SSSR count). The number of amides is 1. The second kappa shape index (κ2) is 8.84. The van der Waals surface area contributed by atoms with E-state index < -0.39 is 6.10 Å². The number of nitrogens with one attached hydrogen (secondary N) is 1. The van der Waals surface area contributed by atoms with Crippen molar-refractivity contribution < 1.29 is 14.4 Å². The van der Waals surface area contributed by atoms with Gasteiger partial charge >= 0.3 is 0 Å². The Labute approximate surface area is 173 Å². The lowest BCUT2D eigenvalue weighted by molar-refractivity contribution is -0.125. The van der Waals surface area contributed by atoms with Crippen molar-refractivity contribution in [3.05, 3.63) is 84.4 Å². The lowest BCUT2D eigenvalue weighted by Gasteiger charge is -2.13. The Morgan fingerprint density at radius 2 is 1.76 bits per heavy atom. The van der Waals surface area contributed by atoms with Crippen LogP contribution < -0.4 is 10.1 Å². The smallest absolute Gasteiger partial charge is 0.268 e. The zero-order valence-electron chi connectivity index (χ0n) is 15.9. The minimum atomic E-state index is -0.676. The van der Waals surface area contributed by atoms with Gasteiger partial charge in [0.25, 0.3) is 5.91 Å². The molecule has 0 aromatic heterocycles. The highest BCUT2D eigenvalue weighted by Gasteiger charge is 2.30. The Balaban J connectivity index is 1.45. The molecule has 1 aliphatic rings.